The fourth-order valence-corrected chi connectivity index (χ4v) is 2.06. The molecule has 0 atom stereocenters. The Hall–Kier alpha value is -1.59. The summed E-state index contributed by atoms with van der Waals surface area (Å²) in [5.74, 6) is -0.0413. The number of benzene rings is 1. The number of halogens is 1. The minimum Gasteiger partial charge on any atom is -0.399 e. The van der Waals surface area contributed by atoms with E-state index < -0.39 is 0 Å². The van der Waals surface area contributed by atoms with Gasteiger partial charge in [0.15, 0.2) is 5.13 Å². The number of aromatic nitrogens is 1. The second-order valence-electron chi connectivity index (χ2n) is 3.69. The second-order valence-corrected chi connectivity index (χ2v) is 5.29. The summed E-state index contributed by atoms with van der Waals surface area (Å²) in [6.45, 7) is 3.60. The number of nitrogens with zero attached hydrogens (tertiary/aromatic N) is 1. The summed E-state index contributed by atoms with van der Waals surface area (Å²) >= 11 is 7.04. The highest BCUT2D eigenvalue weighted by Crippen LogP contribution is 2.26. The molecular weight excluding hydrogens is 282 g/mol. The van der Waals surface area contributed by atoms with Crippen LogP contribution in [0.5, 0.6) is 0 Å². The zero-order valence-corrected chi connectivity index (χ0v) is 12.4. The van der Waals surface area contributed by atoms with E-state index in [0.29, 0.717) is 15.9 Å². The van der Waals surface area contributed by atoms with Gasteiger partial charge in [-0.2, -0.15) is 0 Å². The van der Waals surface area contributed by atoms with Crippen molar-refractivity contribution < 1.29 is 4.79 Å². The zero-order valence-electron chi connectivity index (χ0n) is 10.8. The fourth-order valence-electron chi connectivity index (χ4n) is 1.09. The maximum absolute atomic E-state index is 10.9. The highest BCUT2D eigenvalue weighted by molar-refractivity contribution is 7.19. The summed E-state index contributed by atoms with van der Waals surface area (Å²) in [4.78, 5) is 15.0. The first-order chi connectivity index (χ1) is 9.02. The fraction of sp³-hybridized carbons (Fsp3) is 0.231. The van der Waals surface area contributed by atoms with Gasteiger partial charge in [0.1, 0.15) is 4.34 Å². The van der Waals surface area contributed by atoms with Crippen molar-refractivity contribution in [3.8, 4) is 0 Å². The summed E-state index contributed by atoms with van der Waals surface area (Å²) in [5.41, 5.74) is 6.94. The van der Waals surface area contributed by atoms with Crippen LogP contribution in [0.3, 0.4) is 0 Å². The third kappa shape index (κ3) is 5.72. The molecule has 4 nitrogen and oxygen atoms in total. The highest BCUT2D eigenvalue weighted by Gasteiger charge is 2.06. The smallest absolute Gasteiger partial charge is 0.225 e. The molecule has 102 valence electrons. The summed E-state index contributed by atoms with van der Waals surface area (Å²) in [7, 11) is 0. The third-order valence-electron chi connectivity index (χ3n) is 2.11. The van der Waals surface area contributed by atoms with Crippen molar-refractivity contribution in [1.29, 1.82) is 0 Å². The summed E-state index contributed by atoms with van der Waals surface area (Å²) < 4.78 is 0.626. The lowest BCUT2D eigenvalue weighted by Gasteiger charge is -1.95. The van der Waals surface area contributed by atoms with Crippen molar-refractivity contribution in [3.05, 3.63) is 40.4 Å². The number of aryl methyl sites for hydroxylation is 1. The number of nitrogen functional groups attached to an aromatic ring is 1. The van der Waals surface area contributed by atoms with Crippen LogP contribution < -0.4 is 11.1 Å². The predicted octanol–water partition coefficient (Wildman–Crippen LogP) is 3.72. The third-order valence-corrected chi connectivity index (χ3v) is 3.47. The molecule has 2 rings (SSSR count). The van der Waals surface area contributed by atoms with E-state index in [0.717, 1.165) is 11.4 Å². The number of thiazole rings is 1. The molecule has 0 aliphatic rings. The van der Waals surface area contributed by atoms with E-state index in [-0.39, 0.29) is 5.91 Å². The van der Waals surface area contributed by atoms with E-state index in [2.05, 4.69) is 10.3 Å². The van der Waals surface area contributed by atoms with Crippen molar-refractivity contribution >= 4 is 39.7 Å². The number of rotatable bonds is 2. The van der Waals surface area contributed by atoms with Gasteiger partial charge in [0, 0.05) is 12.1 Å². The highest BCUT2D eigenvalue weighted by atomic mass is 35.5. The molecule has 0 fully saturated rings. The van der Waals surface area contributed by atoms with Crippen LogP contribution in [0.4, 0.5) is 10.8 Å². The molecule has 6 heteroatoms. The molecule has 1 aromatic carbocycles. The van der Waals surface area contributed by atoms with Gasteiger partial charge in [-0.15, -0.1) is 0 Å². The molecule has 1 aromatic heterocycles. The van der Waals surface area contributed by atoms with Crippen molar-refractivity contribution in [2.75, 3.05) is 11.1 Å². The molecule has 0 aliphatic carbocycles. The molecule has 1 heterocycles. The number of para-hydroxylation sites is 1. The SMILES string of the molecule is CCC(=O)Nc1nc(C)c(Cl)s1.Nc1ccccc1. The van der Waals surface area contributed by atoms with Gasteiger partial charge in [-0.1, -0.05) is 48.1 Å². The largest absolute Gasteiger partial charge is 0.399 e. The van der Waals surface area contributed by atoms with Crippen LogP contribution in [-0.2, 0) is 4.79 Å². The van der Waals surface area contributed by atoms with Gasteiger partial charge in [0.25, 0.3) is 0 Å². The average Bonchev–Trinajstić information content (AvgIpc) is 2.70. The molecule has 0 saturated heterocycles. The van der Waals surface area contributed by atoms with Crippen LogP contribution in [0.2, 0.25) is 4.34 Å². The van der Waals surface area contributed by atoms with Crippen molar-refractivity contribution in [2.24, 2.45) is 0 Å². The summed E-state index contributed by atoms with van der Waals surface area (Å²) in [6, 6.07) is 9.49. The molecule has 0 radical (unpaired) electrons. The number of anilines is 2. The van der Waals surface area contributed by atoms with Crippen LogP contribution in [0.1, 0.15) is 19.0 Å². The first-order valence-corrected chi connectivity index (χ1v) is 6.95. The van der Waals surface area contributed by atoms with Gasteiger partial charge in [-0.05, 0) is 19.1 Å². The Kier molecular flexibility index (Phi) is 6.32. The van der Waals surface area contributed by atoms with Gasteiger partial charge in [0.2, 0.25) is 5.91 Å². The number of amides is 1. The van der Waals surface area contributed by atoms with Crippen LogP contribution in [0, 0.1) is 6.92 Å². The topological polar surface area (TPSA) is 68.0 Å². The quantitative estimate of drug-likeness (QED) is 0.830. The summed E-state index contributed by atoms with van der Waals surface area (Å²) in [6.07, 6.45) is 0.455. The van der Waals surface area contributed by atoms with E-state index in [4.69, 9.17) is 17.3 Å². The molecule has 3 N–H and O–H groups in total. The van der Waals surface area contributed by atoms with Crippen LogP contribution in [-0.4, -0.2) is 10.9 Å². The van der Waals surface area contributed by atoms with Crippen LogP contribution in [0.15, 0.2) is 30.3 Å². The lowest BCUT2D eigenvalue weighted by Crippen LogP contribution is -2.08. The van der Waals surface area contributed by atoms with E-state index >= 15 is 0 Å². The Morgan fingerprint density at radius 1 is 1.42 bits per heavy atom. The Morgan fingerprint density at radius 2 is 2.05 bits per heavy atom. The normalized spacial score (nSPS) is 9.42. The Morgan fingerprint density at radius 3 is 2.42 bits per heavy atom. The van der Waals surface area contributed by atoms with Crippen molar-refractivity contribution in [1.82, 2.24) is 4.98 Å². The molecule has 0 aliphatic heterocycles. The second kappa shape index (κ2) is 7.76. The van der Waals surface area contributed by atoms with Gasteiger partial charge in [0.05, 0.1) is 5.69 Å². The molecule has 2 aromatic rings. The van der Waals surface area contributed by atoms with E-state index in [1.807, 2.05) is 30.3 Å². The van der Waals surface area contributed by atoms with Gasteiger partial charge in [-0.3, -0.25) is 4.79 Å². The minimum atomic E-state index is -0.0413. The van der Waals surface area contributed by atoms with Gasteiger partial charge < -0.3 is 11.1 Å². The number of hydrogen-bond donors (Lipinski definition) is 2. The molecule has 0 spiro atoms. The maximum Gasteiger partial charge on any atom is 0.225 e. The first kappa shape index (κ1) is 15.5. The lowest BCUT2D eigenvalue weighted by atomic mass is 10.3. The average molecular weight is 298 g/mol. The monoisotopic (exact) mass is 297 g/mol. The molecule has 19 heavy (non-hydrogen) atoms. The van der Waals surface area contributed by atoms with Gasteiger partial charge >= 0.3 is 0 Å². The Bertz CT molecular complexity index is 508. The Balaban J connectivity index is 0.000000218. The number of hydrogen-bond acceptors (Lipinski definition) is 4. The number of nitrogens with two attached hydrogens (primary N) is 1. The van der Waals surface area contributed by atoms with Crippen molar-refractivity contribution in [2.45, 2.75) is 20.3 Å². The summed E-state index contributed by atoms with van der Waals surface area (Å²) in [5, 5.41) is 3.21. The minimum absolute atomic E-state index is 0.0413. The molecule has 1 amide bonds. The Labute approximate surface area is 121 Å². The maximum atomic E-state index is 10.9. The van der Waals surface area contributed by atoms with Gasteiger partial charge in [-0.25, -0.2) is 4.98 Å². The lowest BCUT2D eigenvalue weighted by molar-refractivity contribution is -0.115. The molecule has 0 saturated carbocycles. The van der Waals surface area contributed by atoms with E-state index in [1.54, 1.807) is 13.8 Å². The van der Waals surface area contributed by atoms with Crippen molar-refractivity contribution in [3.63, 3.8) is 0 Å². The van der Waals surface area contributed by atoms with E-state index in [1.165, 1.54) is 11.3 Å². The van der Waals surface area contributed by atoms with Crippen LogP contribution >= 0.6 is 22.9 Å². The first-order valence-electron chi connectivity index (χ1n) is 5.76. The van der Waals surface area contributed by atoms with Crippen LogP contribution in [0.25, 0.3) is 0 Å². The standard InChI is InChI=1S/C7H9ClN2OS.C6H7N/c1-3-5(11)10-7-9-4(2)6(8)12-7;7-6-4-2-1-3-5-6/h3H2,1-2H3,(H,9,10,11);1-5H,7H2. The molecule has 0 unspecified atom stereocenters. The number of carbonyl (C=O) groups is 1. The molecular formula is C13H16ClN3OS. The molecule has 0 bridgehead atoms. The zero-order chi connectivity index (χ0) is 14.3. The van der Waals surface area contributed by atoms with E-state index in [9.17, 15) is 4.79 Å². The number of carbonyl (C=O) groups excluding carboxylic acids is 1. The predicted molar refractivity (Wildman–Crippen MR) is 81.6 cm³/mol. The number of nitrogens with one attached hydrogen (secondary N) is 1.